The summed E-state index contributed by atoms with van der Waals surface area (Å²) in [6.45, 7) is 0. The molecule has 0 aliphatic rings. The van der Waals surface area contributed by atoms with E-state index >= 15 is 0 Å². The van der Waals surface area contributed by atoms with Crippen molar-refractivity contribution in [3.63, 3.8) is 0 Å². The van der Waals surface area contributed by atoms with E-state index in [0.29, 0.717) is 0 Å². The molecule has 0 saturated carbocycles. The SMILES string of the molecule is Oc1ccc[nH+]c1-c1ccccc1.[Br-]. The number of pyridine rings is 1. The highest BCUT2D eigenvalue weighted by Crippen LogP contribution is 2.22. The summed E-state index contributed by atoms with van der Waals surface area (Å²) >= 11 is 0. The third kappa shape index (κ3) is 2.12. The van der Waals surface area contributed by atoms with Crippen molar-refractivity contribution in [2.75, 3.05) is 0 Å². The number of benzene rings is 1. The Morgan fingerprint density at radius 3 is 2.29 bits per heavy atom. The number of nitrogens with one attached hydrogen (secondary N) is 1. The summed E-state index contributed by atoms with van der Waals surface area (Å²) < 4.78 is 0. The van der Waals surface area contributed by atoms with Crippen molar-refractivity contribution < 1.29 is 27.1 Å². The molecule has 0 unspecified atom stereocenters. The first-order valence-corrected chi connectivity index (χ1v) is 4.13. The van der Waals surface area contributed by atoms with Gasteiger partial charge in [0.2, 0.25) is 0 Å². The Labute approximate surface area is 93.0 Å². The van der Waals surface area contributed by atoms with E-state index in [4.69, 9.17) is 0 Å². The van der Waals surface area contributed by atoms with Gasteiger partial charge in [0, 0.05) is 6.07 Å². The van der Waals surface area contributed by atoms with Crippen LogP contribution in [0.3, 0.4) is 0 Å². The average molecular weight is 252 g/mol. The largest absolute Gasteiger partial charge is 1.00 e. The number of aromatic amines is 1. The zero-order valence-electron chi connectivity index (χ0n) is 7.44. The first-order valence-electron chi connectivity index (χ1n) is 4.13. The first-order chi connectivity index (χ1) is 6.38. The number of aromatic hydroxyl groups is 1. The summed E-state index contributed by atoms with van der Waals surface area (Å²) in [7, 11) is 0. The summed E-state index contributed by atoms with van der Waals surface area (Å²) in [5.74, 6) is 0.272. The molecule has 0 atom stereocenters. The second-order valence-corrected chi connectivity index (χ2v) is 2.80. The van der Waals surface area contributed by atoms with Gasteiger partial charge in [0.25, 0.3) is 5.69 Å². The molecule has 0 radical (unpaired) electrons. The average Bonchev–Trinajstić information content (AvgIpc) is 2.20. The van der Waals surface area contributed by atoms with Crippen molar-refractivity contribution in [1.82, 2.24) is 0 Å². The van der Waals surface area contributed by atoms with Crippen LogP contribution in [0.5, 0.6) is 5.75 Å². The van der Waals surface area contributed by atoms with Crippen molar-refractivity contribution in [3.8, 4) is 17.0 Å². The second kappa shape index (κ2) is 4.77. The maximum absolute atomic E-state index is 9.53. The Morgan fingerprint density at radius 1 is 0.929 bits per heavy atom. The van der Waals surface area contributed by atoms with E-state index < -0.39 is 0 Å². The molecule has 1 aromatic heterocycles. The van der Waals surface area contributed by atoms with E-state index in [-0.39, 0.29) is 22.7 Å². The van der Waals surface area contributed by atoms with Crippen LogP contribution in [-0.2, 0) is 0 Å². The fourth-order valence-electron chi connectivity index (χ4n) is 1.26. The lowest BCUT2D eigenvalue weighted by Crippen LogP contribution is -3.00. The monoisotopic (exact) mass is 251 g/mol. The normalized spacial score (nSPS) is 9.14. The van der Waals surface area contributed by atoms with Crippen LogP contribution in [0.4, 0.5) is 0 Å². The van der Waals surface area contributed by atoms with Crippen LogP contribution in [0.1, 0.15) is 0 Å². The van der Waals surface area contributed by atoms with Crippen LogP contribution < -0.4 is 22.0 Å². The highest BCUT2D eigenvalue weighted by atomic mass is 79.9. The second-order valence-electron chi connectivity index (χ2n) is 2.80. The van der Waals surface area contributed by atoms with Gasteiger partial charge in [0.05, 0.1) is 5.56 Å². The van der Waals surface area contributed by atoms with Crippen LogP contribution in [0.25, 0.3) is 11.3 Å². The minimum absolute atomic E-state index is 0. The van der Waals surface area contributed by atoms with Gasteiger partial charge in [-0.05, 0) is 18.2 Å². The van der Waals surface area contributed by atoms with Gasteiger partial charge in [-0.1, -0.05) is 18.2 Å². The van der Waals surface area contributed by atoms with E-state index in [1.807, 2.05) is 30.3 Å². The fraction of sp³-hybridized carbons (Fsp3) is 0. The summed E-state index contributed by atoms with van der Waals surface area (Å²) in [4.78, 5) is 3.00. The summed E-state index contributed by atoms with van der Waals surface area (Å²) in [6.07, 6.45) is 1.79. The number of hydrogen-bond donors (Lipinski definition) is 1. The van der Waals surface area contributed by atoms with Crippen LogP contribution in [0.2, 0.25) is 0 Å². The maximum Gasteiger partial charge on any atom is 0.252 e. The summed E-state index contributed by atoms with van der Waals surface area (Å²) in [6, 6.07) is 13.2. The molecule has 0 bridgehead atoms. The molecule has 0 amide bonds. The Balaban J connectivity index is 0.000000980. The van der Waals surface area contributed by atoms with Crippen molar-refractivity contribution in [3.05, 3.63) is 48.7 Å². The van der Waals surface area contributed by atoms with Crippen molar-refractivity contribution in [2.45, 2.75) is 0 Å². The molecule has 2 N–H and O–H groups in total. The van der Waals surface area contributed by atoms with Gasteiger partial charge < -0.3 is 22.1 Å². The lowest BCUT2D eigenvalue weighted by Gasteiger charge is -1.95. The van der Waals surface area contributed by atoms with Crippen LogP contribution >= 0.6 is 0 Å². The van der Waals surface area contributed by atoms with E-state index in [1.54, 1.807) is 18.3 Å². The quantitative estimate of drug-likeness (QED) is 0.685. The highest BCUT2D eigenvalue weighted by Gasteiger charge is 2.08. The van der Waals surface area contributed by atoms with Gasteiger partial charge in [-0.25, -0.2) is 4.98 Å². The van der Waals surface area contributed by atoms with Gasteiger partial charge in [-0.2, -0.15) is 0 Å². The minimum Gasteiger partial charge on any atom is -1.00 e. The van der Waals surface area contributed by atoms with Crippen molar-refractivity contribution in [1.29, 1.82) is 0 Å². The Hall–Kier alpha value is -1.35. The van der Waals surface area contributed by atoms with E-state index in [9.17, 15) is 5.11 Å². The molecule has 0 saturated heterocycles. The van der Waals surface area contributed by atoms with Gasteiger partial charge >= 0.3 is 0 Å². The maximum atomic E-state index is 9.53. The molecule has 2 rings (SSSR count). The highest BCUT2D eigenvalue weighted by molar-refractivity contribution is 5.61. The van der Waals surface area contributed by atoms with E-state index in [1.165, 1.54) is 0 Å². The Kier molecular flexibility index (Phi) is 3.65. The molecule has 0 spiro atoms. The standard InChI is InChI=1S/C11H9NO.BrH/c13-10-7-4-8-12-11(10)9-5-2-1-3-6-9;/h1-8,13H;1H. The predicted octanol–water partition coefficient (Wildman–Crippen LogP) is -1.12. The van der Waals surface area contributed by atoms with Crippen LogP contribution in [0, 0.1) is 0 Å². The third-order valence-corrected chi connectivity index (χ3v) is 1.90. The third-order valence-electron chi connectivity index (χ3n) is 1.90. The fourth-order valence-corrected chi connectivity index (χ4v) is 1.26. The first kappa shape index (κ1) is 10.7. The number of H-pyrrole nitrogens is 1. The van der Waals surface area contributed by atoms with Gasteiger partial charge in [-0.3, -0.25) is 0 Å². The molecule has 1 aromatic carbocycles. The summed E-state index contributed by atoms with van der Waals surface area (Å²) in [5.41, 5.74) is 1.74. The topological polar surface area (TPSA) is 34.4 Å². The van der Waals surface area contributed by atoms with Gasteiger partial charge in [0.15, 0.2) is 11.9 Å². The lowest BCUT2D eigenvalue weighted by molar-refractivity contribution is -0.365. The van der Waals surface area contributed by atoms with E-state index in [2.05, 4.69) is 4.98 Å². The van der Waals surface area contributed by atoms with Crippen LogP contribution in [-0.4, -0.2) is 5.11 Å². The molecule has 14 heavy (non-hydrogen) atoms. The molecule has 0 aliphatic heterocycles. The molecule has 0 aliphatic carbocycles. The minimum atomic E-state index is 0. The lowest BCUT2D eigenvalue weighted by atomic mass is 10.1. The molecule has 2 aromatic rings. The number of aromatic nitrogens is 1. The number of hydrogen-bond acceptors (Lipinski definition) is 1. The molecule has 1 heterocycles. The molecule has 3 heteroatoms. The van der Waals surface area contributed by atoms with Crippen LogP contribution in [0.15, 0.2) is 48.7 Å². The Bertz CT molecular complexity index is 403. The molecular formula is C11H10BrNO. The van der Waals surface area contributed by atoms with Crippen molar-refractivity contribution in [2.24, 2.45) is 0 Å². The zero-order chi connectivity index (χ0) is 9.10. The number of halogens is 1. The molecule has 0 fully saturated rings. The number of rotatable bonds is 1. The predicted molar refractivity (Wildman–Crippen MR) is 50.1 cm³/mol. The van der Waals surface area contributed by atoms with Crippen molar-refractivity contribution >= 4 is 0 Å². The van der Waals surface area contributed by atoms with Gasteiger partial charge in [0.1, 0.15) is 0 Å². The van der Waals surface area contributed by atoms with Gasteiger partial charge in [-0.15, -0.1) is 0 Å². The summed E-state index contributed by atoms with van der Waals surface area (Å²) in [5, 5.41) is 9.53. The smallest absolute Gasteiger partial charge is 0.252 e. The molecule has 72 valence electrons. The van der Waals surface area contributed by atoms with E-state index in [0.717, 1.165) is 11.3 Å². The molecular weight excluding hydrogens is 242 g/mol. The molecule has 2 nitrogen and oxygen atoms in total. The Morgan fingerprint density at radius 2 is 1.64 bits per heavy atom. The zero-order valence-corrected chi connectivity index (χ0v) is 9.03.